The van der Waals surface area contributed by atoms with E-state index in [1.165, 1.54) is 0 Å². The lowest BCUT2D eigenvalue weighted by Gasteiger charge is -2.31. The number of hydrogen-bond acceptors (Lipinski definition) is 5. The van der Waals surface area contributed by atoms with Gasteiger partial charge < -0.3 is 14.1 Å². The van der Waals surface area contributed by atoms with E-state index < -0.39 is 0 Å². The number of halogens is 1. The Kier molecular flexibility index (Phi) is 4.83. The molecule has 0 amide bonds. The van der Waals surface area contributed by atoms with Crippen LogP contribution in [0.1, 0.15) is 44.4 Å². The molecule has 0 aliphatic carbocycles. The van der Waals surface area contributed by atoms with Gasteiger partial charge in [0.15, 0.2) is 0 Å². The van der Waals surface area contributed by atoms with Crippen molar-refractivity contribution in [3.8, 4) is 0 Å². The van der Waals surface area contributed by atoms with Crippen molar-refractivity contribution in [2.24, 2.45) is 0 Å². The van der Waals surface area contributed by atoms with Crippen molar-refractivity contribution < 1.29 is 9.15 Å². The van der Waals surface area contributed by atoms with Crippen LogP contribution in [0.25, 0.3) is 0 Å². The second-order valence-corrected chi connectivity index (χ2v) is 5.27. The molecule has 0 saturated carbocycles. The summed E-state index contributed by atoms with van der Waals surface area (Å²) in [6, 6.07) is 0.558. The molecule has 1 aromatic heterocycles. The smallest absolute Gasteiger partial charge is 0.318 e. The third kappa shape index (κ3) is 3.36. The summed E-state index contributed by atoms with van der Waals surface area (Å²) in [5.41, 5.74) is 0. The fourth-order valence-electron chi connectivity index (χ4n) is 2.05. The zero-order chi connectivity index (χ0) is 13.0. The van der Waals surface area contributed by atoms with Crippen LogP contribution in [0.3, 0.4) is 0 Å². The van der Waals surface area contributed by atoms with E-state index >= 15 is 0 Å². The predicted octanol–water partition coefficient (Wildman–Crippen LogP) is 2.76. The minimum Gasteiger partial charge on any atom is -0.406 e. The fraction of sp³-hybridized carbons (Fsp3) is 0.833. The lowest BCUT2D eigenvalue weighted by atomic mass is 10.1. The Labute approximate surface area is 112 Å². The number of alkyl halides is 1. The van der Waals surface area contributed by atoms with Crippen LogP contribution in [0.2, 0.25) is 0 Å². The minimum atomic E-state index is -0.247. The molecule has 1 aromatic rings. The molecule has 0 N–H and O–H groups in total. The Bertz CT molecular complexity index is 370. The SMILES string of the molecule is CCCOC1CCCN(c2nnc(C(C)Cl)o2)C1. The quantitative estimate of drug-likeness (QED) is 0.772. The summed E-state index contributed by atoms with van der Waals surface area (Å²) in [7, 11) is 0. The summed E-state index contributed by atoms with van der Waals surface area (Å²) >= 11 is 5.91. The highest BCUT2D eigenvalue weighted by Crippen LogP contribution is 2.24. The molecule has 102 valence electrons. The van der Waals surface area contributed by atoms with E-state index in [-0.39, 0.29) is 11.5 Å². The van der Waals surface area contributed by atoms with Gasteiger partial charge in [-0.25, -0.2) is 0 Å². The Morgan fingerprint density at radius 1 is 1.56 bits per heavy atom. The van der Waals surface area contributed by atoms with E-state index in [4.69, 9.17) is 20.8 Å². The first-order valence-electron chi connectivity index (χ1n) is 6.54. The van der Waals surface area contributed by atoms with Crippen molar-refractivity contribution in [1.82, 2.24) is 10.2 Å². The second-order valence-electron chi connectivity index (χ2n) is 4.62. The molecule has 1 fully saturated rings. The summed E-state index contributed by atoms with van der Waals surface area (Å²) in [6.45, 7) is 6.50. The number of hydrogen-bond donors (Lipinski definition) is 0. The van der Waals surface area contributed by atoms with Crippen molar-refractivity contribution in [2.75, 3.05) is 24.6 Å². The van der Waals surface area contributed by atoms with Gasteiger partial charge in [0.2, 0.25) is 5.89 Å². The average Bonchev–Trinajstić information content (AvgIpc) is 2.86. The maximum atomic E-state index is 5.91. The van der Waals surface area contributed by atoms with Crippen LogP contribution < -0.4 is 4.90 Å². The molecule has 18 heavy (non-hydrogen) atoms. The number of rotatable bonds is 5. The van der Waals surface area contributed by atoms with Gasteiger partial charge >= 0.3 is 6.01 Å². The molecule has 0 aromatic carbocycles. The zero-order valence-corrected chi connectivity index (χ0v) is 11.7. The number of ether oxygens (including phenoxy) is 1. The summed E-state index contributed by atoms with van der Waals surface area (Å²) < 4.78 is 11.3. The average molecular weight is 274 g/mol. The Hall–Kier alpha value is -0.810. The first kappa shape index (κ1) is 13.6. The van der Waals surface area contributed by atoms with E-state index in [2.05, 4.69) is 22.0 Å². The number of aromatic nitrogens is 2. The topological polar surface area (TPSA) is 51.4 Å². The van der Waals surface area contributed by atoms with Gasteiger partial charge in [0.25, 0.3) is 0 Å². The number of piperidine rings is 1. The van der Waals surface area contributed by atoms with Crippen LogP contribution in [-0.2, 0) is 4.74 Å². The molecule has 2 atom stereocenters. The Morgan fingerprint density at radius 3 is 3.06 bits per heavy atom. The van der Waals surface area contributed by atoms with E-state index in [1.54, 1.807) is 0 Å². The van der Waals surface area contributed by atoms with Crippen molar-refractivity contribution in [1.29, 1.82) is 0 Å². The van der Waals surface area contributed by atoms with Gasteiger partial charge in [-0.05, 0) is 26.2 Å². The molecular formula is C12H20ClN3O2. The van der Waals surface area contributed by atoms with Crippen LogP contribution in [0, 0.1) is 0 Å². The molecule has 5 nitrogen and oxygen atoms in total. The molecule has 2 unspecified atom stereocenters. The van der Waals surface area contributed by atoms with E-state index in [0.29, 0.717) is 11.9 Å². The molecule has 1 saturated heterocycles. The monoisotopic (exact) mass is 273 g/mol. The molecule has 2 heterocycles. The Morgan fingerprint density at radius 2 is 2.39 bits per heavy atom. The largest absolute Gasteiger partial charge is 0.406 e. The fourth-order valence-corrected chi connectivity index (χ4v) is 2.14. The van der Waals surface area contributed by atoms with Crippen molar-refractivity contribution in [2.45, 2.75) is 44.6 Å². The van der Waals surface area contributed by atoms with Crippen LogP contribution >= 0.6 is 11.6 Å². The molecule has 0 spiro atoms. The summed E-state index contributed by atoms with van der Waals surface area (Å²) in [5, 5.41) is 7.75. The van der Waals surface area contributed by atoms with Crippen LogP contribution in [0.4, 0.5) is 6.01 Å². The highest BCUT2D eigenvalue weighted by atomic mass is 35.5. The standard InChI is InChI=1S/C12H20ClN3O2/c1-3-7-17-10-5-4-6-16(8-10)12-15-14-11(18-12)9(2)13/h9-10H,3-8H2,1-2H3. The molecule has 2 rings (SSSR count). The second kappa shape index (κ2) is 6.38. The molecule has 0 radical (unpaired) electrons. The van der Waals surface area contributed by atoms with E-state index in [9.17, 15) is 0 Å². The maximum absolute atomic E-state index is 5.91. The van der Waals surface area contributed by atoms with E-state index in [0.717, 1.165) is 39.0 Å². The maximum Gasteiger partial charge on any atom is 0.318 e. The number of nitrogens with zero attached hydrogens (tertiary/aromatic N) is 3. The highest BCUT2D eigenvalue weighted by Gasteiger charge is 2.24. The minimum absolute atomic E-state index is 0.247. The van der Waals surface area contributed by atoms with Crippen molar-refractivity contribution in [3.63, 3.8) is 0 Å². The molecular weight excluding hydrogens is 254 g/mol. The van der Waals surface area contributed by atoms with Gasteiger partial charge in [0, 0.05) is 19.7 Å². The van der Waals surface area contributed by atoms with Crippen LogP contribution in [-0.4, -0.2) is 36.0 Å². The highest BCUT2D eigenvalue weighted by molar-refractivity contribution is 6.20. The van der Waals surface area contributed by atoms with Crippen molar-refractivity contribution >= 4 is 17.6 Å². The van der Waals surface area contributed by atoms with Gasteiger partial charge in [0.1, 0.15) is 5.38 Å². The van der Waals surface area contributed by atoms with Crippen LogP contribution in [0.5, 0.6) is 0 Å². The zero-order valence-electron chi connectivity index (χ0n) is 10.9. The molecule has 1 aliphatic rings. The van der Waals surface area contributed by atoms with Crippen molar-refractivity contribution in [3.05, 3.63) is 5.89 Å². The lowest BCUT2D eigenvalue weighted by Crippen LogP contribution is -2.40. The van der Waals surface area contributed by atoms with Gasteiger partial charge in [-0.2, -0.15) is 0 Å². The van der Waals surface area contributed by atoms with Gasteiger partial charge in [-0.15, -0.1) is 16.7 Å². The third-order valence-corrected chi connectivity index (χ3v) is 3.16. The van der Waals surface area contributed by atoms with E-state index in [1.807, 2.05) is 6.92 Å². The normalized spacial score (nSPS) is 22.2. The molecule has 0 bridgehead atoms. The molecule has 6 heteroatoms. The van der Waals surface area contributed by atoms with Gasteiger partial charge in [-0.3, -0.25) is 0 Å². The van der Waals surface area contributed by atoms with Crippen LogP contribution in [0.15, 0.2) is 4.42 Å². The summed E-state index contributed by atoms with van der Waals surface area (Å²) in [5.74, 6) is 0.475. The lowest BCUT2D eigenvalue weighted by molar-refractivity contribution is 0.0430. The first-order chi connectivity index (χ1) is 8.70. The Balaban J connectivity index is 1.94. The predicted molar refractivity (Wildman–Crippen MR) is 70.0 cm³/mol. The third-order valence-electron chi connectivity index (χ3n) is 2.98. The van der Waals surface area contributed by atoms with Gasteiger partial charge in [0.05, 0.1) is 6.10 Å². The number of anilines is 1. The van der Waals surface area contributed by atoms with Gasteiger partial charge in [-0.1, -0.05) is 12.0 Å². The summed E-state index contributed by atoms with van der Waals surface area (Å²) in [4.78, 5) is 2.08. The molecule has 1 aliphatic heterocycles. The first-order valence-corrected chi connectivity index (χ1v) is 6.98. The summed E-state index contributed by atoms with van der Waals surface area (Å²) in [6.07, 6.45) is 3.50.